The largest absolute Gasteiger partial charge is 0.499 e. The highest BCUT2D eigenvalue weighted by molar-refractivity contribution is 7.99. The summed E-state index contributed by atoms with van der Waals surface area (Å²) in [5.41, 5.74) is 6.23. The van der Waals surface area contributed by atoms with Gasteiger partial charge in [0.15, 0.2) is 16.6 Å². The number of aromatic hydroxyl groups is 3. The number of nitrogens with zero attached hydrogens (tertiary/aromatic N) is 9. The SMILES string of the molecule is CCSc1nc(NC(C)C)nc(NC(C)C)n1.Cc1cc(C)cc(OCC(C)Nc2nc(N)nc(C(C)(C)F)n2)c1.Oc1nnnc(O)c1O. The van der Waals surface area contributed by atoms with Crippen LogP contribution in [0, 0.1) is 13.8 Å². The zero-order chi connectivity index (χ0) is 37.6. The first-order valence-corrected chi connectivity index (χ1v) is 16.8. The number of nitrogens with two attached hydrogens (primary N) is 1. The first-order valence-electron chi connectivity index (χ1n) is 15.8. The van der Waals surface area contributed by atoms with E-state index >= 15 is 0 Å². The van der Waals surface area contributed by atoms with E-state index in [4.69, 9.17) is 25.8 Å². The Hall–Kier alpha value is -5.07. The number of aromatic nitrogens is 9. The second kappa shape index (κ2) is 19.2. The van der Waals surface area contributed by atoms with Gasteiger partial charge in [-0.25, -0.2) is 4.39 Å². The Labute approximate surface area is 295 Å². The summed E-state index contributed by atoms with van der Waals surface area (Å²) < 4.78 is 19.8. The molecule has 0 saturated carbocycles. The lowest BCUT2D eigenvalue weighted by Gasteiger charge is -2.18. The molecule has 0 aliphatic carbocycles. The van der Waals surface area contributed by atoms with E-state index in [1.54, 1.807) is 11.8 Å². The van der Waals surface area contributed by atoms with Gasteiger partial charge in [-0.15, -0.1) is 0 Å². The fourth-order valence-corrected chi connectivity index (χ4v) is 4.28. The Morgan fingerprint density at radius 1 is 0.800 bits per heavy atom. The molecule has 1 aromatic carbocycles. The van der Waals surface area contributed by atoms with Crippen LogP contribution in [0.3, 0.4) is 0 Å². The Balaban J connectivity index is 0.000000288. The van der Waals surface area contributed by atoms with Gasteiger partial charge in [-0.3, -0.25) is 0 Å². The number of rotatable bonds is 12. The summed E-state index contributed by atoms with van der Waals surface area (Å²) >= 11 is 1.62. The van der Waals surface area contributed by atoms with Crippen LogP contribution in [-0.2, 0) is 5.67 Å². The molecule has 0 aliphatic rings. The molecule has 1 atom stereocenters. The van der Waals surface area contributed by atoms with Gasteiger partial charge in [0, 0.05) is 12.1 Å². The highest BCUT2D eigenvalue weighted by Crippen LogP contribution is 2.27. The van der Waals surface area contributed by atoms with Crippen LogP contribution in [0.1, 0.15) is 72.3 Å². The van der Waals surface area contributed by atoms with Crippen molar-refractivity contribution < 1.29 is 24.4 Å². The summed E-state index contributed by atoms with van der Waals surface area (Å²) in [4.78, 5) is 25.0. The number of halogens is 1. The Morgan fingerprint density at radius 3 is 1.78 bits per heavy atom. The third-order valence-electron chi connectivity index (χ3n) is 5.68. The number of benzene rings is 1. The Morgan fingerprint density at radius 2 is 1.32 bits per heavy atom. The van der Waals surface area contributed by atoms with Crippen LogP contribution >= 0.6 is 11.8 Å². The predicted octanol–water partition coefficient (Wildman–Crippen LogP) is 4.77. The highest BCUT2D eigenvalue weighted by atomic mass is 32.2. The average molecular weight is 718 g/mol. The summed E-state index contributed by atoms with van der Waals surface area (Å²) in [5.74, 6) is 1.02. The van der Waals surface area contributed by atoms with E-state index in [0.717, 1.165) is 27.8 Å². The quantitative estimate of drug-likeness (QED) is 0.0975. The van der Waals surface area contributed by atoms with Gasteiger partial charge < -0.3 is 41.7 Å². The van der Waals surface area contributed by atoms with Crippen LogP contribution in [0.2, 0.25) is 0 Å². The van der Waals surface area contributed by atoms with Crippen molar-refractivity contribution in [2.24, 2.45) is 0 Å². The molecule has 0 amide bonds. The molecule has 0 aliphatic heterocycles. The van der Waals surface area contributed by atoms with Crippen molar-refractivity contribution in [1.29, 1.82) is 0 Å². The molecule has 0 spiro atoms. The number of hydrogen-bond donors (Lipinski definition) is 7. The third kappa shape index (κ3) is 15.0. The third-order valence-corrected chi connectivity index (χ3v) is 6.41. The van der Waals surface area contributed by atoms with E-state index in [0.29, 0.717) is 30.6 Å². The maximum atomic E-state index is 14.0. The number of ether oxygens (including phenoxy) is 1. The van der Waals surface area contributed by atoms with Crippen LogP contribution in [0.25, 0.3) is 0 Å². The molecule has 0 saturated heterocycles. The molecule has 274 valence electrons. The fourth-order valence-electron chi connectivity index (χ4n) is 3.72. The molecule has 3 heterocycles. The Kier molecular flexibility index (Phi) is 15.8. The number of nitrogen functional groups attached to an aromatic ring is 1. The zero-order valence-corrected chi connectivity index (χ0v) is 30.8. The minimum atomic E-state index is -1.69. The molecule has 4 rings (SSSR count). The van der Waals surface area contributed by atoms with E-state index in [1.165, 1.54) is 13.8 Å². The van der Waals surface area contributed by atoms with Gasteiger partial charge in [0.05, 0.1) is 6.04 Å². The van der Waals surface area contributed by atoms with Gasteiger partial charge in [-0.1, -0.05) is 34.9 Å². The van der Waals surface area contributed by atoms with Crippen molar-refractivity contribution in [3.63, 3.8) is 0 Å². The second-order valence-corrected chi connectivity index (χ2v) is 13.3. The van der Waals surface area contributed by atoms with Gasteiger partial charge >= 0.3 is 0 Å². The first-order chi connectivity index (χ1) is 23.4. The van der Waals surface area contributed by atoms with Crippen molar-refractivity contribution in [3.8, 4) is 23.3 Å². The van der Waals surface area contributed by atoms with Gasteiger partial charge in [-0.05, 0) is 96.5 Å². The molecular formula is C31H48FN13O4S. The van der Waals surface area contributed by atoms with E-state index in [9.17, 15) is 4.39 Å². The van der Waals surface area contributed by atoms with Gasteiger partial charge in [-0.2, -0.15) is 29.9 Å². The van der Waals surface area contributed by atoms with E-state index in [1.807, 2.05) is 32.9 Å². The monoisotopic (exact) mass is 717 g/mol. The number of hydrogen-bond acceptors (Lipinski definition) is 18. The molecule has 3 aromatic heterocycles. The molecule has 4 aromatic rings. The molecule has 8 N–H and O–H groups in total. The van der Waals surface area contributed by atoms with Gasteiger partial charge in [0.2, 0.25) is 29.5 Å². The summed E-state index contributed by atoms with van der Waals surface area (Å²) in [6.07, 6.45) is 0. The summed E-state index contributed by atoms with van der Waals surface area (Å²) in [6, 6.07) is 6.56. The number of nitrogens with one attached hydrogen (secondary N) is 3. The van der Waals surface area contributed by atoms with Crippen molar-refractivity contribution in [2.45, 2.75) is 98.2 Å². The van der Waals surface area contributed by atoms with E-state index in [2.05, 4.69) is 102 Å². The van der Waals surface area contributed by atoms with Gasteiger partial charge in [0.1, 0.15) is 12.4 Å². The molecule has 50 heavy (non-hydrogen) atoms. The van der Waals surface area contributed by atoms with Crippen molar-refractivity contribution in [2.75, 3.05) is 34.0 Å². The minimum Gasteiger partial charge on any atom is -0.499 e. The fraction of sp³-hybridized carbons (Fsp3) is 0.516. The lowest BCUT2D eigenvalue weighted by atomic mass is 10.1. The lowest BCUT2D eigenvalue weighted by molar-refractivity contribution is 0.206. The standard InChI is InChI=1S/C17H24FN5O.C11H21N5S.C3H3N3O3/c1-10-6-11(2)8-13(7-10)24-9-12(3)20-16-22-14(17(4,5)18)21-15(19)23-16;1-6-17-11-15-9(12-7(2)3)14-10(16-11)13-8(4)5;7-1-2(8)4-6-5-3(1)9/h6-8,12H,9H2,1-5H3,(H3,19,20,21,22,23);7-8H,6H2,1-5H3,(H2,12,13,14,15,16);(H,6,7)(H2,4,5,8,9). The number of aryl methyl sites for hydroxylation is 2. The molecule has 19 heteroatoms. The van der Waals surface area contributed by atoms with Crippen molar-refractivity contribution in [3.05, 3.63) is 35.2 Å². The van der Waals surface area contributed by atoms with Crippen LogP contribution in [0.5, 0.6) is 23.3 Å². The molecule has 0 radical (unpaired) electrons. The summed E-state index contributed by atoms with van der Waals surface area (Å²) in [6.45, 7) is 19.4. The lowest BCUT2D eigenvalue weighted by Crippen LogP contribution is -2.26. The zero-order valence-electron chi connectivity index (χ0n) is 30.0. The predicted molar refractivity (Wildman–Crippen MR) is 191 cm³/mol. The number of thioether (sulfide) groups is 1. The van der Waals surface area contributed by atoms with Crippen LogP contribution in [-0.4, -0.2) is 91.1 Å². The maximum Gasteiger partial charge on any atom is 0.281 e. The Bertz CT molecular complexity index is 1590. The van der Waals surface area contributed by atoms with Crippen LogP contribution in [0.4, 0.5) is 28.2 Å². The highest BCUT2D eigenvalue weighted by Gasteiger charge is 2.24. The van der Waals surface area contributed by atoms with Crippen LogP contribution < -0.4 is 26.4 Å². The van der Waals surface area contributed by atoms with E-state index in [-0.39, 0.29) is 23.8 Å². The number of alkyl halides is 1. The van der Waals surface area contributed by atoms with Crippen LogP contribution in [0.15, 0.2) is 23.4 Å². The maximum absolute atomic E-state index is 14.0. The van der Waals surface area contributed by atoms with Gasteiger partial charge in [0.25, 0.3) is 11.8 Å². The minimum absolute atomic E-state index is 0.0000673. The normalized spacial score (nSPS) is 11.5. The smallest absolute Gasteiger partial charge is 0.281 e. The molecule has 17 nitrogen and oxygen atoms in total. The molecule has 0 bridgehead atoms. The molecule has 1 unspecified atom stereocenters. The summed E-state index contributed by atoms with van der Waals surface area (Å²) in [7, 11) is 0. The molecule has 0 fully saturated rings. The van der Waals surface area contributed by atoms with Crippen molar-refractivity contribution >= 4 is 35.6 Å². The molecular weight excluding hydrogens is 669 g/mol. The van der Waals surface area contributed by atoms with E-state index < -0.39 is 23.2 Å². The second-order valence-electron chi connectivity index (χ2n) is 12.1. The topological polar surface area (TPSA) is 248 Å². The summed E-state index contributed by atoms with van der Waals surface area (Å²) in [5, 5.41) is 44.4. The average Bonchev–Trinajstić information content (AvgIpc) is 2.98. The number of anilines is 4. The van der Waals surface area contributed by atoms with Crippen molar-refractivity contribution in [1.82, 2.24) is 45.3 Å². The first kappa shape index (κ1) is 41.1.